The molecule has 0 radical (unpaired) electrons. The third-order valence-corrected chi connectivity index (χ3v) is 3.31. The Bertz CT molecular complexity index is 427. The monoisotopic (exact) mass is 268 g/mol. The van der Waals surface area contributed by atoms with Crippen molar-refractivity contribution in [3.05, 3.63) is 6.33 Å². The molecule has 0 aromatic carbocycles. The van der Waals surface area contributed by atoms with Crippen LogP contribution in [0.2, 0.25) is 0 Å². The molecule has 0 aliphatic rings. The lowest BCUT2D eigenvalue weighted by atomic mass is 9.86. The maximum Gasteiger partial charge on any atom is 0.204 e. The normalized spacial score (nSPS) is 12.2. The number of aliphatic hydroxyl groups is 1. The molecule has 19 heavy (non-hydrogen) atoms. The van der Waals surface area contributed by atoms with Gasteiger partial charge in [0.05, 0.1) is 18.2 Å². The van der Waals surface area contributed by atoms with Gasteiger partial charge in [0.15, 0.2) is 11.6 Å². The van der Waals surface area contributed by atoms with Gasteiger partial charge in [-0.05, 0) is 34.6 Å². The van der Waals surface area contributed by atoms with E-state index in [1.807, 2.05) is 20.8 Å². The molecule has 1 aromatic rings. The van der Waals surface area contributed by atoms with Gasteiger partial charge in [0.2, 0.25) is 5.75 Å². The summed E-state index contributed by atoms with van der Waals surface area (Å²) in [5.41, 5.74) is -1.49. The highest BCUT2D eigenvalue weighted by Crippen LogP contribution is 2.33. The first-order valence-electron chi connectivity index (χ1n) is 6.36. The van der Waals surface area contributed by atoms with Crippen molar-refractivity contribution >= 4 is 11.6 Å². The first-order chi connectivity index (χ1) is 8.73. The summed E-state index contributed by atoms with van der Waals surface area (Å²) in [7, 11) is 1.57. The highest BCUT2D eigenvalue weighted by Gasteiger charge is 2.36. The zero-order valence-electron chi connectivity index (χ0n) is 12.5. The molecule has 0 spiro atoms. The molecule has 0 unspecified atom stereocenters. The van der Waals surface area contributed by atoms with Gasteiger partial charge in [-0.25, -0.2) is 9.97 Å². The Morgan fingerprint density at radius 2 is 1.79 bits per heavy atom. The summed E-state index contributed by atoms with van der Waals surface area (Å²) >= 11 is 0. The lowest BCUT2D eigenvalue weighted by Gasteiger charge is -2.38. The molecule has 0 aliphatic heterocycles. The quantitative estimate of drug-likeness (QED) is 0.731. The van der Waals surface area contributed by atoms with Crippen LogP contribution in [-0.4, -0.2) is 39.9 Å². The molecule has 1 heterocycles. The van der Waals surface area contributed by atoms with Crippen LogP contribution in [0.15, 0.2) is 6.33 Å². The van der Waals surface area contributed by atoms with Gasteiger partial charge in [0.25, 0.3) is 0 Å². The van der Waals surface area contributed by atoms with E-state index in [9.17, 15) is 5.11 Å². The molecule has 6 nitrogen and oxygen atoms in total. The van der Waals surface area contributed by atoms with Crippen molar-refractivity contribution in [2.45, 2.75) is 45.8 Å². The van der Waals surface area contributed by atoms with Crippen LogP contribution < -0.4 is 15.4 Å². The fourth-order valence-corrected chi connectivity index (χ4v) is 1.40. The van der Waals surface area contributed by atoms with Crippen molar-refractivity contribution in [1.82, 2.24) is 9.97 Å². The summed E-state index contributed by atoms with van der Waals surface area (Å²) in [6, 6.07) is 0. The first-order valence-corrected chi connectivity index (χ1v) is 6.36. The molecular weight excluding hydrogens is 244 g/mol. The predicted octanol–water partition coefficient (Wildman–Crippen LogP) is 1.88. The maximum atomic E-state index is 10.2. The second-order valence-electron chi connectivity index (χ2n) is 5.44. The van der Waals surface area contributed by atoms with Gasteiger partial charge in [-0.1, -0.05) is 0 Å². The molecule has 0 fully saturated rings. The largest absolute Gasteiger partial charge is 0.490 e. The number of rotatable bonds is 6. The van der Waals surface area contributed by atoms with Crippen LogP contribution in [-0.2, 0) is 0 Å². The van der Waals surface area contributed by atoms with Crippen molar-refractivity contribution in [3.8, 4) is 5.75 Å². The smallest absolute Gasteiger partial charge is 0.204 e. The van der Waals surface area contributed by atoms with Crippen LogP contribution in [0.3, 0.4) is 0 Å². The predicted molar refractivity (Wildman–Crippen MR) is 76.7 cm³/mol. The Morgan fingerprint density at radius 3 is 2.26 bits per heavy atom. The number of ether oxygens (including phenoxy) is 1. The summed E-state index contributed by atoms with van der Waals surface area (Å²) in [6.45, 7) is 10.0. The summed E-state index contributed by atoms with van der Waals surface area (Å²) in [5, 5.41) is 16.5. The van der Waals surface area contributed by atoms with E-state index in [-0.39, 0.29) is 0 Å². The SMILES string of the molecule is CCNc1ncnc(NC(C)(C)C(C)(C)O)c1OC. The molecule has 1 aromatic heterocycles. The second kappa shape index (κ2) is 5.61. The van der Waals surface area contributed by atoms with E-state index < -0.39 is 11.1 Å². The topological polar surface area (TPSA) is 79.3 Å². The van der Waals surface area contributed by atoms with Crippen LogP contribution in [0.1, 0.15) is 34.6 Å². The van der Waals surface area contributed by atoms with Gasteiger partial charge < -0.3 is 20.5 Å². The minimum atomic E-state index is -0.915. The molecular formula is C13H24N4O2. The summed E-state index contributed by atoms with van der Waals surface area (Å²) in [6.07, 6.45) is 1.46. The third kappa shape index (κ3) is 3.47. The fourth-order valence-electron chi connectivity index (χ4n) is 1.40. The number of methoxy groups -OCH3 is 1. The van der Waals surface area contributed by atoms with Crippen LogP contribution in [0.5, 0.6) is 5.75 Å². The minimum absolute atomic E-state index is 0.543. The molecule has 6 heteroatoms. The molecule has 0 bridgehead atoms. The van der Waals surface area contributed by atoms with Crippen molar-refractivity contribution in [2.24, 2.45) is 0 Å². The zero-order chi connectivity index (χ0) is 14.7. The minimum Gasteiger partial charge on any atom is -0.490 e. The summed E-state index contributed by atoms with van der Waals surface area (Å²) < 4.78 is 5.36. The number of aromatic nitrogens is 2. The fraction of sp³-hybridized carbons (Fsp3) is 0.692. The average Bonchev–Trinajstić information content (AvgIpc) is 2.28. The van der Waals surface area contributed by atoms with E-state index in [1.54, 1.807) is 21.0 Å². The molecule has 3 N–H and O–H groups in total. The lowest BCUT2D eigenvalue weighted by Crippen LogP contribution is -2.51. The molecule has 0 aliphatic carbocycles. The maximum absolute atomic E-state index is 10.2. The van der Waals surface area contributed by atoms with Crippen LogP contribution in [0, 0.1) is 0 Å². The number of anilines is 2. The number of nitrogens with zero attached hydrogens (tertiary/aromatic N) is 2. The van der Waals surface area contributed by atoms with Gasteiger partial charge >= 0.3 is 0 Å². The highest BCUT2D eigenvalue weighted by atomic mass is 16.5. The Morgan fingerprint density at radius 1 is 1.21 bits per heavy atom. The standard InChI is InChI=1S/C13H24N4O2/c1-7-14-10-9(19-6)11(16-8-15-10)17-12(2,3)13(4,5)18/h8,18H,7H2,1-6H3,(H2,14,15,16,17). The van der Waals surface area contributed by atoms with Crippen molar-refractivity contribution in [2.75, 3.05) is 24.3 Å². The van der Waals surface area contributed by atoms with E-state index in [0.717, 1.165) is 6.54 Å². The van der Waals surface area contributed by atoms with Crippen molar-refractivity contribution in [3.63, 3.8) is 0 Å². The van der Waals surface area contributed by atoms with Gasteiger partial charge in [0.1, 0.15) is 6.33 Å². The van der Waals surface area contributed by atoms with Gasteiger partial charge in [-0.2, -0.15) is 0 Å². The average molecular weight is 268 g/mol. The van der Waals surface area contributed by atoms with E-state index in [4.69, 9.17) is 4.74 Å². The zero-order valence-corrected chi connectivity index (χ0v) is 12.5. The number of hydrogen-bond acceptors (Lipinski definition) is 6. The van der Waals surface area contributed by atoms with Crippen LogP contribution in [0.25, 0.3) is 0 Å². The van der Waals surface area contributed by atoms with Gasteiger partial charge in [0, 0.05) is 6.54 Å². The van der Waals surface area contributed by atoms with Crippen molar-refractivity contribution < 1.29 is 9.84 Å². The lowest BCUT2D eigenvalue weighted by molar-refractivity contribution is 0.0238. The third-order valence-electron chi connectivity index (χ3n) is 3.31. The molecule has 108 valence electrons. The van der Waals surface area contributed by atoms with E-state index in [0.29, 0.717) is 17.4 Å². The molecule has 0 saturated heterocycles. The number of nitrogens with one attached hydrogen (secondary N) is 2. The van der Waals surface area contributed by atoms with Crippen LogP contribution in [0.4, 0.5) is 11.6 Å². The van der Waals surface area contributed by atoms with Gasteiger partial charge in [-0.15, -0.1) is 0 Å². The van der Waals surface area contributed by atoms with Crippen molar-refractivity contribution in [1.29, 1.82) is 0 Å². The Kier molecular flexibility index (Phi) is 4.57. The molecule has 1 rings (SSSR count). The van der Waals surface area contributed by atoms with E-state index in [2.05, 4.69) is 20.6 Å². The van der Waals surface area contributed by atoms with Gasteiger partial charge in [-0.3, -0.25) is 0 Å². The second-order valence-corrected chi connectivity index (χ2v) is 5.44. The summed E-state index contributed by atoms with van der Waals surface area (Å²) in [5.74, 6) is 1.73. The Hall–Kier alpha value is -1.56. The molecule has 0 amide bonds. The Labute approximate surface area is 114 Å². The molecule has 0 atom stereocenters. The number of hydrogen-bond donors (Lipinski definition) is 3. The summed E-state index contributed by atoms with van der Waals surface area (Å²) in [4.78, 5) is 8.34. The Balaban J connectivity index is 3.11. The van der Waals surface area contributed by atoms with E-state index >= 15 is 0 Å². The highest BCUT2D eigenvalue weighted by molar-refractivity contribution is 5.64. The van der Waals surface area contributed by atoms with Crippen LogP contribution >= 0.6 is 0 Å². The molecule has 0 saturated carbocycles. The first kappa shape index (κ1) is 15.5. The van der Waals surface area contributed by atoms with E-state index in [1.165, 1.54) is 6.33 Å².